The van der Waals surface area contributed by atoms with Gasteiger partial charge in [0.2, 0.25) is 0 Å². The van der Waals surface area contributed by atoms with Gasteiger partial charge < -0.3 is 5.11 Å². The minimum atomic E-state index is -1.02. The molecule has 0 bridgehead atoms. The summed E-state index contributed by atoms with van der Waals surface area (Å²) >= 11 is 0. The fourth-order valence-corrected chi connectivity index (χ4v) is 2.62. The minimum absolute atomic E-state index is 0.103. The maximum Gasteiger partial charge on any atom is 0.332 e. The SMILES string of the molecule is C=C(C(=O)O)C(C=CC=CC)(C=Cc1ccccc1)c1ccccc1. The van der Waals surface area contributed by atoms with Crippen LogP contribution in [0.4, 0.5) is 0 Å². The van der Waals surface area contributed by atoms with E-state index in [9.17, 15) is 9.90 Å². The summed E-state index contributed by atoms with van der Waals surface area (Å²) in [5, 5.41) is 9.65. The molecule has 0 saturated heterocycles. The Morgan fingerprint density at radius 3 is 2.12 bits per heavy atom. The minimum Gasteiger partial charge on any atom is -0.478 e. The van der Waals surface area contributed by atoms with E-state index in [2.05, 4.69) is 6.58 Å². The van der Waals surface area contributed by atoms with Gasteiger partial charge in [-0.3, -0.25) is 0 Å². The highest BCUT2D eigenvalue weighted by atomic mass is 16.4. The lowest BCUT2D eigenvalue weighted by atomic mass is 9.73. The van der Waals surface area contributed by atoms with E-state index in [-0.39, 0.29) is 5.57 Å². The molecule has 25 heavy (non-hydrogen) atoms. The first kappa shape index (κ1) is 18.2. The Labute approximate surface area is 149 Å². The molecule has 2 nitrogen and oxygen atoms in total. The van der Waals surface area contributed by atoms with Gasteiger partial charge in [-0.05, 0) is 18.1 Å². The lowest BCUT2D eigenvalue weighted by Crippen LogP contribution is -2.28. The molecule has 2 aromatic rings. The fourth-order valence-electron chi connectivity index (χ4n) is 2.62. The number of hydrogen-bond donors (Lipinski definition) is 1. The molecule has 1 atom stereocenters. The second-order valence-electron chi connectivity index (χ2n) is 5.65. The number of aliphatic carboxylic acids is 1. The topological polar surface area (TPSA) is 37.3 Å². The molecule has 0 fully saturated rings. The number of rotatable bonds is 7. The van der Waals surface area contributed by atoms with Crippen LogP contribution in [-0.2, 0) is 10.2 Å². The summed E-state index contributed by atoms with van der Waals surface area (Å²) in [7, 11) is 0. The van der Waals surface area contributed by atoms with Crippen LogP contribution in [0.2, 0.25) is 0 Å². The molecule has 0 radical (unpaired) electrons. The lowest BCUT2D eigenvalue weighted by molar-refractivity contribution is -0.133. The smallest absolute Gasteiger partial charge is 0.332 e. The molecule has 0 spiro atoms. The molecule has 126 valence electrons. The lowest BCUT2D eigenvalue weighted by Gasteiger charge is -2.28. The Bertz CT molecular complexity index is 799. The van der Waals surface area contributed by atoms with Crippen molar-refractivity contribution < 1.29 is 9.90 Å². The molecule has 1 unspecified atom stereocenters. The monoisotopic (exact) mass is 330 g/mol. The number of carboxylic acids is 1. The Hall–Kier alpha value is -3.13. The normalized spacial score (nSPS) is 14.1. The number of allylic oxidation sites excluding steroid dienone is 5. The molecule has 1 N–H and O–H groups in total. The van der Waals surface area contributed by atoms with Gasteiger partial charge in [-0.15, -0.1) is 0 Å². The van der Waals surface area contributed by atoms with E-state index < -0.39 is 11.4 Å². The van der Waals surface area contributed by atoms with Gasteiger partial charge in [-0.1, -0.05) is 104 Å². The second kappa shape index (κ2) is 8.65. The van der Waals surface area contributed by atoms with Crippen molar-refractivity contribution in [2.45, 2.75) is 12.3 Å². The third-order valence-corrected chi connectivity index (χ3v) is 4.01. The average molecular weight is 330 g/mol. The molecule has 0 aliphatic rings. The maximum atomic E-state index is 11.8. The number of hydrogen-bond acceptors (Lipinski definition) is 1. The summed E-state index contributed by atoms with van der Waals surface area (Å²) < 4.78 is 0. The molecule has 2 rings (SSSR count). The van der Waals surface area contributed by atoms with E-state index >= 15 is 0 Å². The Balaban J connectivity index is 2.63. The molecule has 0 saturated carbocycles. The summed E-state index contributed by atoms with van der Waals surface area (Å²) in [6.45, 7) is 5.79. The highest BCUT2D eigenvalue weighted by molar-refractivity contribution is 5.91. The fraction of sp³-hybridized carbons (Fsp3) is 0.0870. The van der Waals surface area contributed by atoms with Crippen molar-refractivity contribution in [3.05, 3.63) is 114 Å². The number of benzene rings is 2. The average Bonchev–Trinajstić information content (AvgIpc) is 2.65. The number of carbonyl (C=O) groups is 1. The van der Waals surface area contributed by atoms with Crippen molar-refractivity contribution in [2.24, 2.45) is 0 Å². The van der Waals surface area contributed by atoms with Gasteiger partial charge in [-0.2, -0.15) is 0 Å². The van der Waals surface area contributed by atoms with Crippen molar-refractivity contribution in [1.29, 1.82) is 0 Å². The largest absolute Gasteiger partial charge is 0.478 e. The van der Waals surface area contributed by atoms with Crippen LogP contribution in [-0.4, -0.2) is 11.1 Å². The van der Waals surface area contributed by atoms with Crippen LogP contribution >= 0.6 is 0 Å². The molecule has 2 aromatic carbocycles. The van der Waals surface area contributed by atoms with Crippen molar-refractivity contribution in [3.63, 3.8) is 0 Å². The van der Waals surface area contributed by atoms with Crippen LogP contribution < -0.4 is 0 Å². The Kier molecular flexibility index (Phi) is 6.30. The van der Waals surface area contributed by atoms with Crippen molar-refractivity contribution in [3.8, 4) is 0 Å². The molecular weight excluding hydrogens is 308 g/mol. The molecule has 0 aromatic heterocycles. The van der Waals surface area contributed by atoms with Crippen molar-refractivity contribution in [1.82, 2.24) is 0 Å². The molecular formula is C23H22O2. The van der Waals surface area contributed by atoms with Gasteiger partial charge in [-0.25, -0.2) is 4.79 Å². The van der Waals surface area contributed by atoms with Crippen LogP contribution in [0.5, 0.6) is 0 Å². The zero-order valence-electron chi connectivity index (χ0n) is 14.3. The van der Waals surface area contributed by atoms with E-state index in [1.807, 2.05) is 104 Å². The van der Waals surface area contributed by atoms with Gasteiger partial charge >= 0.3 is 5.97 Å². The quantitative estimate of drug-likeness (QED) is 0.544. The van der Waals surface area contributed by atoms with Crippen LogP contribution in [0.25, 0.3) is 6.08 Å². The highest BCUT2D eigenvalue weighted by Gasteiger charge is 2.33. The van der Waals surface area contributed by atoms with Crippen LogP contribution in [0.15, 0.2) is 103 Å². The summed E-state index contributed by atoms with van der Waals surface area (Å²) in [6, 6.07) is 19.4. The molecule has 0 aliphatic carbocycles. The number of carboxylic acid groups (broad SMARTS) is 1. The molecule has 0 amide bonds. The van der Waals surface area contributed by atoms with Gasteiger partial charge in [0.25, 0.3) is 0 Å². The van der Waals surface area contributed by atoms with E-state index in [4.69, 9.17) is 0 Å². The van der Waals surface area contributed by atoms with Gasteiger partial charge in [0.15, 0.2) is 0 Å². The van der Waals surface area contributed by atoms with Crippen molar-refractivity contribution in [2.75, 3.05) is 0 Å². The van der Waals surface area contributed by atoms with Gasteiger partial charge in [0, 0.05) is 5.57 Å². The van der Waals surface area contributed by atoms with E-state index in [1.165, 1.54) is 0 Å². The third kappa shape index (κ3) is 4.45. The Morgan fingerprint density at radius 1 is 0.960 bits per heavy atom. The standard InChI is InChI=1S/C23H22O2/c1-3-4-11-17-23(19(2)22(24)25,21-14-9-6-10-15-21)18-16-20-12-7-5-8-13-20/h3-18H,2H2,1H3,(H,24,25). The zero-order chi connectivity index (χ0) is 18.1. The first-order valence-corrected chi connectivity index (χ1v) is 8.13. The van der Waals surface area contributed by atoms with Crippen LogP contribution in [0.1, 0.15) is 18.1 Å². The molecule has 0 aliphatic heterocycles. The molecule has 2 heteroatoms. The summed E-state index contributed by atoms with van der Waals surface area (Å²) in [5.74, 6) is -1.02. The predicted octanol–water partition coefficient (Wildman–Crippen LogP) is 5.41. The Morgan fingerprint density at radius 2 is 1.56 bits per heavy atom. The van der Waals surface area contributed by atoms with Crippen molar-refractivity contribution >= 4 is 12.0 Å². The summed E-state index contributed by atoms with van der Waals surface area (Å²) in [4.78, 5) is 11.8. The first-order chi connectivity index (χ1) is 12.1. The van der Waals surface area contributed by atoms with E-state index in [0.717, 1.165) is 11.1 Å². The van der Waals surface area contributed by atoms with Crippen LogP contribution in [0.3, 0.4) is 0 Å². The zero-order valence-corrected chi connectivity index (χ0v) is 14.3. The van der Waals surface area contributed by atoms with Gasteiger partial charge in [0.1, 0.15) is 0 Å². The second-order valence-corrected chi connectivity index (χ2v) is 5.65. The van der Waals surface area contributed by atoms with Gasteiger partial charge in [0.05, 0.1) is 5.41 Å². The van der Waals surface area contributed by atoms with E-state index in [0.29, 0.717) is 0 Å². The summed E-state index contributed by atoms with van der Waals surface area (Å²) in [5.41, 5.74) is 1.03. The summed E-state index contributed by atoms with van der Waals surface area (Å²) in [6.07, 6.45) is 11.3. The predicted molar refractivity (Wildman–Crippen MR) is 104 cm³/mol. The van der Waals surface area contributed by atoms with Crippen LogP contribution in [0, 0.1) is 0 Å². The third-order valence-electron chi connectivity index (χ3n) is 4.01. The van der Waals surface area contributed by atoms with E-state index in [1.54, 1.807) is 0 Å². The maximum absolute atomic E-state index is 11.8. The highest BCUT2D eigenvalue weighted by Crippen LogP contribution is 2.36. The first-order valence-electron chi connectivity index (χ1n) is 8.13. The molecule has 0 heterocycles.